The Balaban J connectivity index is 3.51. The summed E-state index contributed by atoms with van der Waals surface area (Å²) in [7, 11) is 0. The maximum Gasteiger partial charge on any atom is 0.233 e. The van der Waals surface area contributed by atoms with Crippen molar-refractivity contribution < 1.29 is 4.79 Å². The summed E-state index contributed by atoms with van der Waals surface area (Å²) < 4.78 is 0. The topological polar surface area (TPSA) is 29.1 Å². The maximum absolute atomic E-state index is 10.8. The van der Waals surface area contributed by atoms with Gasteiger partial charge in [0.1, 0.15) is 0 Å². The fraction of sp³-hybridized carbons (Fsp3) is 0.833. The zero-order chi connectivity index (χ0) is 7.44. The third-order valence-corrected chi connectivity index (χ3v) is 1.21. The standard InChI is InChI=1S/C6H12BrNO/c1-4(2)8-6(9)5(3)7/h4-5H,1-3H3,(H,8,9). The van der Waals surface area contributed by atoms with Crippen LogP contribution < -0.4 is 5.32 Å². The molecule has 3 heteroatoms. The molecule has 1 N–H and O–H groups in total. The van der Waals surface area contributed by atoms with E-state index in [-0.39, 0.29) is 16.8 Å². The molecule has 0 rings (SSSR count). The summed E-state index contributed by atoms with van der Waals surface area (Å²) in [5.41, 5.74) is 0. The predicted octanol–water partition coefficient (Wildman–Crippen LogP) is 1.29. The summed E-state index contributed by atoms with van der Waals surface area (Å²) in [6.45, 7) is 5.68. The first-order valence-electron chi connectivity index (χ1n) is 2.98. The van der Waals surface area contributed by atoms with Crippen LogP contribution in [0.5, 0.6) is 0 Å². The number of halogens is 1. The molecule has 0 aliphatic rings. The first kappa shape index (κ1) is 8.95. The first-order chi connectivity index (χ1) is 4.04. The molecular formula is C6H12BrNO. The van der Waals surface area contributed by atoms with Gasteiger partial charge in [-0.15, -0.1) is 0 Å². The van der Waals surface area contributed by atoms with Crippen molar-refractivity contribution in [2.24, 2.45) is 0 Å². The number of alkyl halides is 1. The van der Waals surface area contributed by atoms with Crippen molar-refractivity contribution in [3.63, 3.8) is 0 Å². The van der Waals surface area contributed by atoms with Crippen LogP contribution in [0.3, 0.4) is 0 Å². The minimum atomic E-state index is -0.0834. The molecule has 9 heavy (non-hydrogen) atoms. The Bertz CT molecular complexity index is 101. The van der Waals surface area contributed by atoms with Gasteiger partial charge in [0, 0.05) is 6.04 Å². The molecule has 0 radical (unpaired) electrons. The van der Waals surface area contributed by atoms with E-state index in [2.05, 4.69) is 21.2 Å². The molecule has 1 amide bonds. The normalized spacial score (nSPS) is 13.4. The molecule has 1 atom stereocenters. The summed E-state index contributed by atoms with van der Waals surface area (Å²) in [5.74, 6) is 0.0463. The smallest absolute Gasteiger partial charge is 0.233 e. The summed E-state index contributed by atoms with van der Waals surface area (Å²) in [4.78, 5) is 10.7. The second-order valence-electron chi connectivity index (χ2n) is 2.28. The molecular weight excluding hydrogens is 182 g/mol. The van der Waals surface area contributed by atoms with Crippen LogP contribution in [0, 0.1) is 0 Å². The SMILES string of the molecule is CC(C)NC(=O)C(C)Br. The van der Waals surface area contributed by atoms with Gasteiger partial charge < -0.3 is 5.32 Å². The third kappa shape index (κ3) is 4.45. The zero-order valence-corrected chi connectivity index (χ0v) is 7.53. The molecule has 54 valence electrons. The van der Waals surface area contributed by atoms with Gasteiger partial charge in [-0.05, 0) is 20.8 Å². The molecule has 0 saturated carbocycles. The summed E-state index contributed by atoms with van der Waals surface area (Å²) in [6.07, 6.45) is 0. The number of carbonyl (C=O) groups excluding carboxylic acids is 1. The van der Waals surface area contributed by atoms with E-state index >= 15 is 0 Å². The number of hydrogen-bond acceptors (Lipinski definition) is 1. The van der Waals surface area contributed by atoms with Crippen LogP contribution in [0.2, 0.25) is 0 Å². The van der Waals surface area contributed by atoms with Gasteiger partial charge in [-0.2, -0.15) is 0 Å². The van der Waals surface area contributed by atoms with Gasteiger partial charge in [0.25, 0.3) is 0 Å². The molecule has 2 nitrogen and oxygen atoms in total. The summed E-state index contributed by atoms with van der Waals surface area (Å²) in [6, 6.07) is 0.234. The Kier molecular flexibility index (Phi) is 3.86. The predicted molar refractivity (Wildman–Crippen MR) is 41.7 cm³/mol. The lowest BCUT2D eigenvalue weighted by atomic mass is 10.3. The van der Waals surface area contributed by atoms with Crippen LogP contribution in [0.4, 0.5) is 0 Å². The average molecular weight is 194 g/mol. The van der Waals surface area contributed by atoms with Crippen LogP contribution >= 0.6 is 15.9 Å². The lowest BCUT2D eigenvalue weighted by molar-refractivity contribution is -0.120. The lowest BCUT2D eigenvalue weighted by Gasteiger charge is -2.08. The van der Waals surface area contributed by atoms with Crippen molar-refractivity contribution in [3.8, 4) is 0 Å². The summed E-state index contributed by atoms with van der Waals surface area (Å²) >= 11 is 3.16. The first-order valence-corrected chi connectivity index (χ1v) is 3.90. The maximum atomic E-state index is 10.8. The quantitative estimate of drug-likeness (QED) is 0.659. The van der Waals surface area contributed by atoms with Gasteiger partial charge in [-0.25, -0.2) is 0 Å². The highest BCUT2D eigenvalue weighted by atomic mass is 79.9. The molecule has 0 aromatic rings. The molecule has 0 aliphatic carbocycles. The number of rotatable bonds is 2. The fourth-order valence-corrected chi connectivity index (χ4v) is 0.532. The van der Waals surface area contributed by atoms with E-state index in [4.69, 9.17) is 0 Å². The second-order valence-corrected chi connectivity index (χ2v) is 3.65. The van der Waals surface area contributed by atoms with Gasteiger partial charge in [-0.3, -0.25) is 4.79 Å². The highest BCUT2D eigenvalue weighted by molar-refractivity contribution is 9.10. The van der Waals surface area contributed by atoms with E-state index in [9.17, 15) is 4.79 Å². The van der Waals surface area contributed by atoms with E-state index in [0.29, 0.717) is 0 Å². The van der Waals surface area contributed by atoms with Crippen LogP contribution in [0.1, 0.15) is 20.8 Å². The van der Waals surface area contributed by atoms with Gasteiger partial charge in [0.05, 0.1) is 4.83 Å². The molecule has 0 bridgehead atoms. The molecule has 0 saturated heterocycles. The number of nitrogens with one attached hydrogen (secondary N) is 1. The van der Waals surface area contributed by atoms with Crippen molar-refractivity contribution in [1.29, 1.82) is 0 Å². The van der Waals surface area contributed by atoms with Crippen LogP contribution in [0.15, 0.2) is 0 Å². The van der Waals surface area contributed by atoms with Crippen molar-refractivity contribution in [1.82, 2.24) is 5.32 Å². The molecule has 0 aliphatic heterocycles. The summed E-state index contributed by atoms with van der Waals surface area (Å²) in [5, 5.41) is 2.76. The van der Waals surface area contributed by atoms with Crippen molar-refractivity contribution in [2.45, 2.75) is 31.6 Å². The Morgan fingerprint density at radius 2 is 1.89 bits per heavy atom. The van der Waals surface area contributed by atoms with Gasteiger partial charge in [0.2, 0.25) is 5.91 Å². The third-order valence-electron chi connectivity index (χ3n) is 0.792. The minimum absolute atomic E-state index is 0.0463. The molecule has 0 spiro atoms. The average Bonchev–Trinajstić information content (AvgIpc) is 1.63. The monoisotopic (exact) mass is 193 g/mol. The molecule has 0 fully saturated rings. The fourth-order valence-electron chi connectivity index (χ4n) is 0.399. The van der Waals surface area contributed by atoms with Crippen molar-refractivity contribution in [2.75, 3.05) is 0 Å². The van der Waals surface area contributed by atoms with Gasteiger partial charge in [-0.1, -0.05) is 15.9 Å². The van der Waals surface area contributed by atoms with E-state index < -0.39 is 0 Å². The Labute approximate surface area is 64.1 Å². The van der Waals surface area contributed by atoms with E-state index in [0.717, 1.165) is 0 Å². The van der Waals surface area contributed by atoms with Crippen LogP contribution in [-0.2, 0) is 4.79 Å². The number of amides is 1. The molecule has 0 aromatic carbocycles. The van der Waals surface area contributed by atoms with Gasteiger partial charge in [0.15, 0.2) is 0 Å². The Hall–Kier alpha value is -0.0500. The second kappa shape index (κ2) is 3.88. The van der Waals surface area contributed by atoms with Gasteiger partial charge >= 0.3 is 0 Å². The largest absolute Gasteiger partial charge is 0.353 e. The highest BCUT2D eigenvalue weighted by Crippen LogP contribution is 1.96. The number of carbonyl (C=O) groups is 1. The number of hydrogen-bond donors (Lipinski definition) is 1. The Morgan fingerprint density at radius 1 is 1.44 bits per heavy atom. The van der Waals surface area contributed by atoms with E-state index in [1.54, 1.807) is 6.92 Å². The van der Waals surface area contributed by atoms with E-state index in [1.165, 1.54) is 0 Å². The van der Waals surface area contributed by atoms with E-state index in [1.807, 2.05) is 13.8 Å². The van der Waals surface area contributed by atoms with Crippen molar-refractivity contribution >= 4 is 21.8 Å². The minimum Gasteiger partial charge on any atom is -0.353 e. The van der Waals surface area contributed by atoms with Crippen LogP contribution in [0.25, 0.3) is 0 Å². The Morgan fingerprint density at radius 3 is 2.00 bits per heavy atom. The molecule has 0 heterocycles. The highest BCUT2D eigenvalue weighted by Gasteiger charge is 2.07. The van der Waals surface area contributed by atoms with Crippen LogP contribution in [-0.4, -0.2) is 16.8 Å². The van der Waals surface area contributed by atoms with Crippen molar-refractivity contribution in [3.05, 3.63) is 0 Å². The molecule has 1 unspecified atom stereocenters. The zero-order valence-electron chi connectivity index (χ0n) is 5.94. The molecule has 0 aromatic heterocycles. The lowest BCUT2D eigenvalue weighted by Crippen LogP contribution is -2.34.